The van der Waals surface area contributed by atoms with Gasteiger partial charge in [0.15, 0.2) is 0 Å². The minimum Gasteiger partial charge on any atom is -0.381 e. The number of amides is 1. The molecule has 2 aromatic carbocycles. The molecule has 0 atom stereocenters. The molecule has 1 fully saturated rings. The number of morpholine rings is 1. The van der Waals surface area contributed by atoms with Gasteiger partial charge in [0, 0.05) is 36.4 Å². The summed E-state index contributed by atoms with van der Waals surface area (Å²) >= 11 is 0. The van der Waals surface area contributed by atoms with Crippen molar-refractivity contribution in [2.45, 2.75) is 6.54 Å². The lowest BCUT2D eigenvalue weighted by Gasteiger charge is -2.27. The average Bonchev–Trinajstić information content (AvgIpc) is 2.61. The first-order valence-electron chi connectivity index (χ1n) is 7.68. The fourth-order valence-electron chi connectivity index (χ4n) is 2.55. The predicted molar refractivity (Wildman–Crippen MR) is 86.9 cm³/mol. The summed E-state index contributed by atoms with van der Waals surface area (Å²) in [5.41, 5.74) is 2.02. The minimum atomic E-state index is -0.236. The molecule has 4 nitrogen and oxygen atoms in total. The number of nitrogens with one attached hydrogen (secondary N) is 1. The zero-order valence-electron chi connectivity index (χ0n) is 12.8. The van der Waals surface area contributed by atoms with E-state index in [4.69, 9.17) is 4.74 Å². The Bertz CT molecular complexity index is 684. The third-order valence-corrected chi connectivity index (χ3v) is 3.85. The summed E-state index contributed by atoms with van der Waals surface area (Å²) in [5.74, 6) is -0.233. The molecule has 23 heavy (non-hydrogen) atoms. The van der Waals surface area contributed by atoms with Crippen molar-refractivity contribution >= 4 is 11.6 Å². The summed E-state index contributed by atoms with van der Waals surface area (Å²) < 4.78 is 18.9. The highest BCUT2D eigenvalue weighted by Gasteiger charge is 2.18. The lowest BCUT2D eigenvalue weighted by Crippen LogP contribution is -2.40. The topological polar surface area (TPSA) is 41.6 Å². The molecule has 3 rings (SSSR count). The zero-order valence-corrected chi connectivity index (χ0v) is 12.8. The Morgan fingerprint density at radius 2 is 1.91 bits per heavy atom. The lowest BCUT2D eigenvalue weighted by atomic mass is 10.1. The van der Waals surface area contributed by atoms with E-state index < -0.39 is 0 Å². The van der Waals surface area contributed by atoms with Crippen LogP contribution in [0.1, 0.15) is 15.9 Å². The van der Waals surface area contributed by atoms with Crippen LogP contribution in [0.25, 0.3) is 0 Å². The van der Waals surface area contributed by atoms with Crippen LogP contribution in [0.5, 0.6) is 0 Å². The van der Waals surface area contributed by atoms with Crippen molar-refractivity contribution in [1.82, 2.24) is 4.90 Å². The van der Waals surface area contributed by atoms with Gasteiger partial charge in [-0.25, -0.2) is 4.39 Å². The molecule has 0 aliphatic carbocycles. The number of benzene rings is 2. The normalized spacial score (nSPS) is 14.6. The van der Waals surface area contributed by atoms with Gasteiger partial charge < -0.3 is 15.0 Å². The Labute approximate surface area is 134 Å². The molecule has 1 aliphatic heterocycles. The van der Waals surface area contributed by atoms with Gasteiger partial charge in [0.1, 0.15) is 5.82 Å². The molecule has 0 saturated carbocycles. The van der Waals surface area contributed by atoms with Crippen molar-refractivity contribution in [2.75, 3.05) is 31.6 Å². The van der Waals surface area contributed by atoms with Gasteiger partial charge in [-0.05, 0) is 24.3 Å². The second-order valence-electron chi connectivity index (χ2n) is 5.43. The number of hydrogen-bond donors (Lipinski definition) is 1. The van der Waals surface area contributed by atoms with Crippen LogP contribution in [0.15, 0.2) is 48.5 Å². The quantitative estimate of drug-likeness (QED) is 0.943. The van der Waals surface area contributed by atoms with Gasteiger partial charge in [0.05, 0.1) is 13.2 Å². The number of hydrogen-bond acceptors (Lipinski definition) is 3. The first-order valence-corrected chi connectivity index (χ1v) is 7.68. The van der Waals surface area contributed by atoms with E-state index in [1.54, 1.807) is 35.2 Å². The Hall–Kier alpha value is -2.40. The van der Waals surface area contributed by atoms with Crippen molar-refractivity contribution in [3.05, 3.63) is 65.5 Å². The van der Waals surface area contributed by atoms with E-state index in [1.807, 2.05) is 12.1 Å². The lowest BCUT2D eigenvalue weighted by molar-refractivity contribution is 0.0303. The molecule has 1 amide bonds. The fraction of sp³-hybridized carbons (Fsp3) is 0.278. The average molecular weight is 314 g/mol. The predicted octanol–water partition coefficient (Wildman–Crippen LogP) is 2.91. The van der Waals surface area contributed by atoms with E-state index in [0.717, 1.165) is 5.69 Å². The molecule has 0 aromatic heterocycles. The van der Waals surface area contributed by atoms with Crippen molar-refractivity contribution in [2.24, 2.45) is 0 Å². The number of carbonyl (C=O) groups is 1. The summed E-state index contributed by atoms with van der Waals surface area (Å²) in [4.78, 5) is 14.3. The molecule has 0 radical (unpaired) electrons. The zero-order chi connectivity index (χ0) is 16.1. The maximum Gasteiger partial charge on any atom is 0.254 e. The Morgan fingerprint density at radius 3 is 2.70 bits per heavy atom. The first kappa shape index (κ1) is 15.5. The second-order valence-corrected chi connectivity index (χ2v) is 5.43. The highest BCUT2D eigenvalue weighted by Crippen LogP contribution is 2.16. The van der Waals surface area contributed by atoms with Gasteiger partial charge in [-0.2, -0.15) is 0 Å². The maximum atomic E-state index is 13.6. The van der Waals surface area contributed by atoms with Crippen LogP contribution in [-0.4, -0.2) is 37.1 Å². The summed E-state index contributed by atoms with van der Waals surface area (Å²) in [6.45, 7) is 2.77. The summed E-state index contributed by atoms with van der Waals surface area (Å²) in [5, 5.41) is 3.16. The number of anilines is 1. The highest BCUT2D eigenvalue weighted by molar-refractivity contribution is 5.95. The van der Waals surface area contributed by atoms with E-state index >= 15 is 0 Å². The van der Waals surface area contributed by atoms with E-state index in [0.29, 0.717) is 44.0 Å². The van der Waals surface area contributed by atoms with E-state index in [9.17, 15) is 9.18 Å². The second kappa shape index (κ2) is 7.24. The monoisotopic (exact) mass is 314 g/mol. The van der Waals surface area contributed by atoms with Crippen LogP contribution in [0.2, 0.25) is 0 Å². The van der Waals surface area contributed by atoms with Gasteiger partial charge in [-0.15, -0.1) is 0 Å². The molecule has 1 N–H and O–H groups in total. The minimum absolute atomic E-state index is 0.00263. The van der Waals surface area contributed by atoms with E-state index in [-0.39, 0.29) is 11.7 Å². The van der Waals surface area contributed by atoms with Gasteiger partial charge >= 0.3 is 0 Å². The van der Waals surface area contributed by atoms with Crippen molar-refractivity contribution in [3.63, 3.8) is 0 Å². The molecule has 1 heterocycles. The van der Waals surface area contributed by atoms with Crippen molar-refractivity contribution in [1.29, 1.82) is 0 Å². The third kappa shape index (κ3) is 3.87. The molecule has 0 bridgehead atoms. The molecular weight excluding hydrogens is 295 g/mol. The van der Waals surface area contributed by atoms with Crippen molar-refractivity contribution in [3.8, 4) is 0 Å². The van der Waals surface area contributed by atoms with Gasteiger partial charge in [-0.1, -0.05) is 24.3 Å². The number of ether oxygens (including phenoxy) is 1. The Kier molecular flexibility index (Phi) is 4.88. The standard InChI is InChI=1S/C18H19FN2O2/c19-17-7-2-1-4-15(17)13-20-16-6-3-5-14(12-16)18(22)21-8-10-23-11-9-21/h1-7,12,20H,8-11,13H2. The van der Waals surface area contributed by atoms with Crippen LogP contribution >= 0.6 is 0 Å². The molecule has 0 spiro atoms. The molecule has 1 aliphatic rings. The Balaban J connectivity index is 1.67. The number of halogens is 1. The number of rotatable bonds is 4. The van der Waals surface area contributed by atoms with Crippen molar-refractivity contribution < 1.29 is 13.9 Å². The van der Waals surface area contributed by atoms with E-state index in [1.165, 1.54) is 6.07 Å². The van der Waals surface area contributed by atoms with Gasteiger partial charge in [0.25, 0.3) is 5.91 Å². The summed E-state index contributed by atoms with van der Waals surface area (Å²) in [6.07, 6.45) is 0. The SMILES string of the molecule is O=C(c1cccc(NCc2ccccc2F)c1)N1CCOCC1. The molecule has 2 aromatic rings. The fourth-order valence-corrected chi connectivity index (χ4v) is 2.55. The highest BCUT2D eigenvalue weighted by atomic mass is 19.1. The van der Waals surface area contributed by atoms with Gasteiger partial charge in [0.2, 0.25) is 0 Å². The van der Waals surface area contributed by atoms with Gasteiger partial charge in [-0.3, -0.25) is 4.79 Å². The molecule has 1 saturated heterocycles. The molecule has 0 unspecified atom stereocenters. The number of nitrogens with zero attached hydrogens (tertiary/aromatic N) is 1. The first-order chi connectivity index (χ1) is 11.2. The van der Waals surface area contributed by atoms with Crippen LogP contribution in [0.4, 0.5) is 10.1 Å². The van der Waals surface area contributed by atoms with E-state index in [2.05, 4.69) is 5.32 Å². The maximum absolute atomic E-state index is 13.6. The Morgan fingerprint density at radius 1 is 1.13 bits per heavy atom. The van der Waals surface area contributed by atoms with Crippen LogP contribution in [-0.2, 0) is 11.3 Å². The van der Waals surface area contributed by atoms with Crippen LogP contribution in [0.3, 0.4) is 0 Å². The summed E-state index contributed by atoms with van der Waals surface area (Å²) in [6, 6.07) is 14.0. The smallest absolute Gasteiger partial charge is 0.254 e. The molecular formula is C18H19FN2O2. The summed E-state index contributed by atoms with van der Waals surface area (Å²) in [7, 11) is 0. The largest absolute Gasteiger partial charge is 0.381 e. The number of carbonyl (C=O) groups excluding carboxylic acids is 1. The molecule has 120 valence electrons. The molecule has 5 heteroatoms. The van der Waals surface area contributed by atoms with Crippen LogP contribution in [0, 0.1) is 5.82 Å². The van der Waals surface area contributed by atoms with Crippen LogP contribution < -0.4 is 5.32 Å². The third-order valence-electron chi connectivity index (χ3n) is 3.85.